The Labute approximate surface area is 122 Å². The first-order valence-electron chi connectivity index (χ1n) is 5.80. The Morgan fingerprint density at radius 3 is 2.42 bits per heavy atom. The van der Waals surface area contributed by atoms with Crippen LogP contribution < -0.4 is 4.74 Å². The van der Waals surface area contributed by atoms with Crippen molar-refractivity contribution in [3.05, 3.63) is 63.1 Å². The van der Waals surface area contributed by atoms with Gasteiger partial charge in [-0.1, -0.05) is 35.3 Å². The molecule has 0 aliphatic heterocycles. The molecule has 2 aromatic rings. The number of aliphatic hydroxyl groups excluding tert-OH is 1. The Bertz CT molecular complexity index is 597. The summed E-state index contributed by atoms with van der Waals surface area (Å²) >= 11 is 12.0. The highest BCUT2D eigenvalue weighted by Gasteiger charge is 2.14. The van der Waals surface area contributed by atoms with E-state index in [0.717, 1.165) is 16.7 Å². The van der Waals surface area contributed by atoms with Crippen molar-refractivity contribution in [1.29, 1.82) is 0 Å². The first kappa shape index (κ1) is 14.2. The molecule has 0 amide bonds. The van der Waals surface area contributed by atoms with E-state index >= 15 is 0 Å². The fourth-order valence-corrected chi connectivity index (χ4v) is 2.47. The molecule has 2 rings (SSSR count). The molecule has 0 heterocycles. The van der Waals surface area contributed by atoms with Crippen molar-refractivity contribution < 1.29 is 9.84 Å². The Balaban J connectivity index is 2.38. The minimum atomic E-state index is -0.735. The fourth-order valence-electron chi connectivity index (χ4n) is 1.98. The van der Waals surface area contributed by atoms with Gasteiger partial charge in [0.2, 0.25) is 0 Å². The van der Waals surface area contributed by atoms with Gasteiger partial charge in [0, 0.05) is 5.02 Å². The van der Waals surface area contributed by atoms with Crippen LogP contribution in [-0.4, -0.2) is 12.2 Å². The van der Waals surface area contributed by atoms with E-state index in [1.54, 1.807) is 31.4 Å². The van der Waals surface area contributed by atoms with Crippen molar-refractivity contribution in [3.63, 3.8) is 0 Å². The van der Waals surface area contributed by atoms with Gasteiger partial charge < -0.3 is 9.84 Å². The minimum Gasteiger partial charge on any atom is -0.495 e. The quantitative estimate of drug-likeness (QED) is 0.910. The molecule has 1 N–H and O–H groups in total. The van der Waals surface area contributed by atoms with Crippen LogP contribution in [0.15, 0.2) is 36.4 Å². The van der Waals surface area contributed by atoms with Crippen LogP contribution in [0.25, 0.3) is 0 Å². The number of benzene rings is 2. The lowest BCUT2D eigenvalue weighted by Gasteiger charge is -2.15. The van der Waals surface area contributed by atoms with Crippen LogP contribution in [0.4, 0.5) is 0 Å². The Morgan fingerprint density at radius 2 is 1.84 bits per heavy atom. The van der Waals surface area contributed by atoms with E-state index in [9.17, 15) is 5.11 Å². The first-order valence-corrected chi connectivity index (χ1v) is 6.56. The summed E-state index contributed by atoms with van der Waals surface area (Å²) in [5, 5.41) is 11.5. The van der Waals surface area contributed by atoms with Gasteiger partial charge in [0.15, 0.2) is 0 Å². The molecule has 0 radical (unpaired) electrons. The largest absolute Gasteiger partial charge is 0.495 e. The lowest BCUT2D eigenvalue weighted by atomic mass is 9.97. The standard InChI is InChI=1S/C15H14Cl2O2/c1-9-7-11(16)4-5-12(9)15(18)10-3-6-14(19-2)13(17)8-10/h3-8,15,18H,1-2H3. The van der Waals surface area contributed by atoms with Gasteiger partial charge in [-0.25, -0.2) is 0 Å². The molecule has 0 spiro atoms. The summed E-state index contributed by atoms with van der Waals surface area (Å²) in [5.74, 6) is 0.588. The zero-order valence-electron chi connectivity index (χ0n) is 10.7. The molecule has 2 nitrogen and oxygen atoms in total. The number of rotatable bonds is 3. The van der Waals surface area contributed by atoms with Crippen LogP contribution in [0.5, 0.6) is 5.75 Å². The van der Waals surface area contributed by atoms with E-state index < -0.39 is 6.10 Å². The highest BCUT2D eigenvalue weighted by Crippen LogP contribution is 2.31. The summed E-state index contributed by atoms with van der Waals surface area (Å²) in [6.45, 7) is 1.91. The summed E-state index contributed by atoms with van der Waals surface area (Å²) in [7, 11) is 1.56. The van der Waals surface area contributed by atoms with E-state index in [-0.39, 0.29) is 0 Å². The normalized spacial score (nSPS) is 12.3. The van der Waals surface area contributed by atoms with Gasteiger partial charge in [-0.05, 0) is 47.9 Å². The van der Waals surface area contributed by atoms with Crippen LogP contribution in [-0.2, 0) is 0 Å². The summed E-state index contributed by atoms with van der Waals surface area (Å²) in [5.41, 5.74) is 2.47. The van der Waals surface area contributed by atoms with Gasteiger partial charge >= 0.3 is 0 Å². The zero-order valence-corrected chi connectivity index (χ0v) is 12.2. The number of ether oxygens (including phenoxy) is 1. The van der Waals surface area contributed by atoms with Gasteiger partial charge in [-0.2, -0.15) is 0 Å². The Kier molecular flexibility index (Phi) is 4.35. The molecular formula is C15H14Cl2O2. The van der Waals surface area contributed by atoms with E-state index in [1.807, 2.05) is 19.1 Å². The highest BCUT2D eigenvalue weighted by atomic mass is 35.5. The second kappa shape index (κ2) is 5.83. The molecule has 0 fully saturated rings. The number of hydrogen-bond donors (Lipinski definition) is 1. The van der Waals surface area contributed by atoms with Crippen LogP contribution in [0.2, 0.25) is 10.0 Å². The predicted molar refractivity (Wildman–Crippen MR) is 78.3 cm³/mol. The molecule has 1 unspecified atom stereocenters. The number of halogens is 2. The lowest BCUT2D eigenvalue weighted by Crippen LogP contribution is -2.02. The SMILES string of the molecule is COc1ccc(C(O)c2ccc(Cl)cc2C)cc1Cl. The molecule has 19 heavy (non-hydrogen) atoms. The second-order valence-corrected chi connectivity index (χ2v) is 5.14. The third kappa shape index (κ3) is 3.03. The molecule has 0 aromatic heterocycles. The van der Waals surface area contributed by atoms with Crippen molar-refractivity contribution >= 4 is 23.2 Å². The third-order valence-corrected chi connectivity index (χ3v) is 3.55. The maximum absolute atomic E-state index is 10.4. The zero-order chi connectivity index (χ0) is 14.0. The smallest absolute Gasteiger partial charge is 0.137 e. The molecule has 2 aromatic carbocycles. The summed E-state index contributed by atoms with van der Waals surface area (Å²) < 4.78 is 5.09. The summed E-state index contributed by atoms with van der Waals surface area (Å²) in [6.07, 6.45) is -0.735. The molecule has 0 saturated carbocycles. The van der Waals surface area contributed by atoms with E-state index in [0.29, 0.717) is 15.8 Å². The van der Waals surface area contributed by atoms with Gasteiger partial charge in [-0.15, -0.1) is 0 Å². The topological polar surface area (TPSA) is 29.5 Å². The highest BCUT2D eigenvalue weighted by molar-refractivity contribution is 6.32. The number of aryl methyl sites for hydroxylation is 1. The minimum absolute atomic E-state index is 0.477. The summed E-state index contributed by atoms with van der Waals surface area (Å²) in [4.78, 5) is 0. The maximum atomic E-state index is 10.4. The van der Waals surface area contributed by atoms with Crippen LogP contribution in [0.1, 0.15) is 22.8 Å². The second-order valence-electron chi connectivity index (χ2n) is 4.30. The van der Waals surface area contributed by atoms with Gasteiger partial charge in [0.05, 0.1) is 12.1 Å². The molecular weight excluding hydrogens is 283 g/mol. The molecule has 100 valence electrons. The maximum Gasteiger partial charge on any atom is 0.137 e. The molecule has 1 atom stereocenters. The third-order valence-electron chi connectivity index (χ3n) is 3.02. The van der Waals surface area contributed by atoms with E-state index in [1.165, 1.54) is 0 Å². The van der Waals surface area contributed by atoms with Gasteiger partial charge in [0.1, 0.15) is 11.9 Å². The van der Waals surface area contributed by atoms with Crippen LogP contribution in [0.3, 0.4) is 0 Å². The monoisotopic (exact) mass is 296 g/mol. The number of methoxy groups -OCH3 is 1. The average molecular weight is 297 g/mol. The average Bonchev–Trinajstić information content (AvgIpc) is 2.38. The van der Waals surface area contributed by atoms with E-state index in [4.69, 9.17) is 27.9 Å². The molecule has 0 bridgehead atoms. The molecule has 0 aliphatic rings. The van der Waals surface area contributed by atoms with Crippen molar-refractivity contribution in [2.75, 3.05) is 7.11 Å². The van der Waals surface area contributed by atoms with Crippen molar-refractivity contribution in [2.24, 2.45) is 0 Å². The van der Waals surface area contributed by atoms with Crippen molar-refractivity contribution in [1.82, 2.24) is 0 Å². The summed E-state index contributed by atoms with van der Waals surface area (Å²) in [6, 6.07) is 10.7. The molecule has 0 aliphatic carbocycles. The number of hydrogen-bond acceptors (Lipinski definition) is 2. The Hall–Kier alpha value is -1.22. The Morgan fingerprint density at radius 1 is 1.11 bits per heavy atom. The van der Waals surface area contributed by atoms with Crippen molar-refractivity contribution in [2.45, 2.75) is 13.0 Å². The first-order chi connectivity index (χ1) is 9.02. The van der Waals surface area contributed by atoms with E-state index in [2.05, 4.69) is 0 Å². The molecule has 0 saturated heterocycles. The van der Waals surface area contributed by atoms with Gasteiger partial charge in [-0.3, -0.25) is 0 Å². The van der Waals surface area contributed by atoms with Crippen molar-refractivity contribution in [3.8, 4) is 5.75 Å². The lowest BCUT2D eigenvalue weighted by molar-refractivity contribution is 0.219. The fraction of sp³-hybridized carbons (Fsp3) is 0.200. The predicted octanol–water partition coefficient (Wildman–Crippen LogP) is 4.39. The number of aliphatic hydroxyl groups is 1. The van der Waals surface area contributed by atoms with Crippen LogP contribution in [0, 0.1) is 6.92 Å². The van der Waals surface area contributed by atoms with Crippen LogP contribution >= 0.6 is 23.2 Å². The van der Waals surface area contributed by atoms with Gasteiger partial charge in [0.25, 0.3) is 0 Å². The molecule has 4 heteroatoms.